The molecule has 2 N–H and O–H groups in total. The molecule has 0 fully saturated rings. The third-order valence-corrected chi connectivity index (χ3v) is 4.09. The molecule has 0 saturated heterocycles. The molecule has 0 aromatic heterocycles. The van der Waals surface area contributed by atoms with E-state index in [1.165, 1.54) is 11.1 Å². The SMILES string of the molecule is CCCC(CC(N)C=O)(c1ccccc1)c1ccccc1. The van der Waals surface area contributed by atoms with Crippen molar-refractivity contribution in [3.05, 3.63) is 71.8 Å². The molecule has 2 aromatic carbocycles. The molecule has 0 spiro atoms. The van der Waals surface area contributed by atoms with Crippen molar-refractivity contribution in [1.82, 2.24) is 0 Å². The highest BCUT2D eigenvalue weighted by Gasteiger charge is 2.34. The Morgan fingerprint density at radius 2 is 1.48 bits per heavy atom. The van der Waals surface area contributed by atoms with Crippen LogP contribution in [0.4, 0.5) is 0 Å². The van der Waals surface area contributed by atoms with Crippen LogP contribution in [0.2, 0.25) is 0 Å². The molecule has 0 saturated carbocycles. The standard InChI is InChI=1S/C19H23NO/c1-2-13-19(14-18(20)15-21,16-9-5-3-6-10-16)17-11-7-4-8-12-17/h3-12,15,18H,2,13-14,20H2,1H3. The molecule has 0 bridgehead atoms. The number of nitrogens with two attached hydrogens (primary N) is 1. The van der Waals surface area contributed by atoms with Crippen LogP contribution < -0.4 is 5.73 Å². The van der Waals surface area contributed by atoms with Gasteiger partial charge < -0.3 is 10.5 Å². The molecule has 1 unspecified atom stereocenters. The first-order valence-electron chi connectivity index (χ1n) is 7.55. The number of benzene rings is 2. The van der Waals surface area contributed by atoms with Crippen LogP contribution in [-0.4, -0.2) is 12.3 Å². The summed E-state index contributed by atoms with van der Waals surface area (Å²) < 4.78 is 0. The van der Waals surface area contributed by atoms with Crippen molar-refractivity contribution in [2.75, 3.05) is 0 Å². The second-order valence-corrected chi connectivity index (χ2v) is 5.57. The Hall–Kier alpha value is -1.93. The molecule has 1 atom stereocenters. The zero-order chi connectivity index (χ0) is 15.1. The lowest BCUT2D eigenvalue weighted by Gasteiger charge is -2.36. The molecule has 2 rings (SSSR count). The van der Waals surface area contributed by atoms with Gasteiger partial charge in [-0.2, -0.15) is 0 Å². The Kier molecular flexibility index (Phi) is 5.29. The van der Waals surface area contributed by atoms with Gasteiger partial charge >= 0.3 is 0 Å². The third-order valence-electron chi connectivity index (χ3n) is 4.09. The van der Waals surface area contributed by atoms with Gasteiger partial charge in [0, 0.05) is 5.41 Å². The molecular weight excluding hydrogens is 258 g/mol. The maximum Gasteiger partial charge on any atom is 0.136 e. The van der Waals surface area contributed by atoms with Gasteiger partial charge in [-0.25, -0.2) is 0 Å². The van der Waals surface area contributed by atoms with Gasteiger partial charge in [-0.1, -0.05) is 74.0 Å². The van der Waals surface area contributed by atoms with Gasteiger partial charge in [0.2, 0.25) is 0 Å². The summed E-state index contributed by atoms with van der Waals surface area (Å²) in [5, 5.41) is 0. The van der Waals surface area contributed by atoms with E-state index in [1.54, 1.807) is 0 Å². The summed E-state index contributed by atoms with van der Waals surface area (Å²) in [6, 6.07) is 20.3. The van der Waals surface area contributed by atoms with Crippen LogP contribution in [-0.2, 0) is 10.2 Å². The molecule has 0 aliphatic heterocycles. The van der Waals surface area contributed by atoms with Crippen molar-refractivity contribution in [1.29, 1.82) is 0 Å². The molecule has 0 amide bonds. The predicted octanol–water partition coefficient (Wildman–Crippen LogP) is 3.69. The van der Waals surface area contributed by atoms with Crippen molar-refractivity contribution in [2.45, 2.75) is 37.6 Å². The maximum absolute atomic E-state index is 11.1. The summed E-state index contributed by atoms with van der Waals surface area (Å²) in [6.45, 7) is 2.17. The Bertz CT molecular complexity index is 511. The summed E-state index contributed by atoms with van der Waals surface area (Å²) in [4.78, 5) is 11.1. The molecule has 110 valence electrons. The minimum atomic E-state index is -0.447. The minimum Gasteiger partial charge on any atom is -0.322 e. The summed E-state index contributed by atoms with van der Waals surface area (Å²) >= 11 is 0. The van der Waals surface area contributed by atoms with Crippen LogP contribution in [0.3, 0.4) is 0 Å². The van der Waals surface area contributed by atoms with Gasteiger partial charge in [0.15, 0.2) is 0 Å². The van der Waals surface area contributed by atoms with Crippen LogP contribution in [0.15, 0.2) is 60.7 Å². The quantitative estimate of drug-likeness (QED) is 0.787. The van der Waals surface area contributed by atoms with Gasteiger partial charge in [-0.05, 0) is 24.0 Å². The van der Waals surface area contributed by atoms with Crippen molar-refractivity contribution in [3.63, 3.8) is 0 Å². The number of hydrogen-bond acceptors (Lipinski definition) is 2. The van der Waals surface area contributed by atoms with E-state index in [0.717, 1.165) is 19.1 Å². The first-order valence-corrected chi connectivity index (χ1v) is 7.55. The van der Waals surface area contributed by atoms with Gasteiger partial charge in [0.1, 0.15) is 6.29 Å². The average molecular weight is 281 g/mol. The fraction of sp³-hybridized carbons (Fsp3) is 0.316. The first-order chi connectivity index (χ1) is 10.2. The summed E-state index contributed by atoms with van der Waals surface area (Å²) in [6.07, 6.45) is 3.51. The molecule has 21 heavy (non-hydrogen) atoms. The van der Waals surface area contributed by atoms with Gasteiger partial charge in [-0.3, -0.25) is 0 Å². The van der Waals surface area contributed by atoms with E-state index in [4.69, 9.17) is 5.73 Å². The van der Waals surface area contributed by atoms with E-state index in [0.29, 0.717) is 6.42 Å². The van der Waals surface area contributed by atoms with Gasteiger partial charge in [0.05, 0.1) is 6.04 Å². The fourth-order valence-electron chi connectivity index (χ4n) is 3.18. The van der Waals surface area contributed by atoms with E-state index in [1.807, 2.05) is 12.1 Å². The second kappa shape index (κ2) is 7.19. The normalized spacial score (nSPS) is 12.9. The van der Waals surface area contributed by atoms with E-state index in [2.05, 4.69) is 55.5 Å². The van der Waals surface area contributed by atoms with Crippen LogP contribution in [0.5, 0.6) is 0 Å². The molecule has 2 heteroatoms. The fourth-order valence-corrected chi connectivity index (χ4v) is 3.18. The number of carbonyl (C=O) groups excluding carboxylic acids is 1. The van der Waals surface area contributed by atoms with E-state index < -0.39 is 6.04 Å². The van der Waals surface area contributed by atoms with E-state index in [-0.39, 0.29) is 5.41 Å². The molecule has 0 heterocycles. The lowest BCUT2D eigenvalue weighted by molar-refractivity contribution is -0.109. The smallest absolute Gasteiger partial charge is 0.136 e. The topological polar surface area (TPSA) is 43.1 Å². The van der Waals surface area contributed by atoms with Crippen LogP contribution in [0, 0.1) is 0 Å². The van der Waals surface area contributed by atoms with Crippen molar-refractivity contribution in [2.24, 2.45) is 5.73 Å². The number of rotatable bonds is 7. The summed E-state index contributed by atoms with van der Waals surface area (Å²) in [5.41, 5.74) is 8.26. The zero-order valence-electron chi connectivity index (χ0n) is 12.5. The molecule has 0 aliphatic rings. The molecule has 2 aromatic rings. The second-order valence-electron chi connectivity index (χ2n) is 5.57. The lowest BCUT2D eigenvalue weighted by Crippen LogP contribution is -2.37. The number of carbonyl (C=O) groups is 1. The monoisotopic (exact) mass is 281 g/mol. The molecule has 0 radical (unpaired) electrons. The molecular formula is C19H23NO. The van der Waals surface area contributed by atoms with Crippen LogP contribution in [0.25, 0.3) is 0 Å². The summed E-state index contributed by atoms with van der Waals surface area (Å²) in [5.74, 6) is 0. The first kappa shape index (κ1) is 15.5. The number of aldehydes is 1. The van der Waals surface area contributed by atoms with Crippen molar-refractivity contribution in [3.8, 4) is 0 Å². The summed E-state index contributed by atoms with van der Waals surface area (Å²) in [7, 11) is 0. The van der Waals surface area contributed by atoms with E-state index >= 15 is 0 Å². The molecule has 2 nitrogen and oxygen atoms in total. The average Bonchev–Trinajstić information content (AvgIpc) is 2.56. The maximum atomic E-state index is 11.1. The Morgan fingerprint density at radius 3 is 1.86 bits per heavy atom. The Balaban J connectivity index is 2.57. The van der Waals surface area contributed by atoms with Crippen LogP contribution >= 0.6 is 0 Å². The van der Waals surface area contributed by atoms with Gasteiger partial charge in [-0.15, -0.1) is 0 Å². The van der Waals surface area contributed by atoms with Crippen molar-refractivity contribution < 1.29 is 4.79 Å². The highest BCUT2D eigenvalue weighted by Crippen LogP contribution is 2.40. The van der Waals surface area contributed by atoms with Crippen LogP contribution in [0.1, 0.15) is 37.3 Å². The largest absolute Gasteiger partial charge is 0.322 e. The Morgan fingerprint density at radius 1 is 1.00 bits per heavy atom. The van der Waals surface area contributed by atoms with E-state index in [9.17, 15) is 4.79 Å². The predicted molar refractivity (Wildman–Crippen MR) is 87.2 cm³/mol. The minimum absolute atomic E-state index is 0.197. The van der Waals surface area contributed by atoms with Gasteiger partial charge in [0.25, 0.3) is 0 Å². The zero-order valence-corrected chi connectivity index (χ0v) is 12.5. The highest BCUT2D eigenvalue weighted by molar-refractivity contribution is 5.58. The number of hydrogen-bond donors (Lipinski definition) is 1. The van der Waals surface area contributed by atoms with Crippen molar-refractivity contribution >= 4 is 6.29 Å². The third kappa shape index (κ3) is 3.40. The highest BCUT2D eigenvalue weighted by atomic mass is 16.1. The lowest BCUT2D eigenvalue weighted by atomic mass is 9.68. The Labute approximate surface area is 127 Å². The molecule has 0 aliphatic carbocycles.